The third kappa shape index (κ3) is 4.60. The average molecular weight is 185 g/mol. The maximum Gasteiger partial charge on any atom is 0.0157 e. The lowest BCUT2D eigenvalue weighted by Gasteiger charge is -2.16. The van der Waals surface area contributed by atoms with Crippen LogP contribution < -0.4 is 11.2 Å². The van der Waals surface area contributed by atoms with Crippen LogP contribution in [0.5, 0.6) is 0 Å². The van der Waals surface area contributed by atoms with Gasteiger partial charge in [0.1, 0.15) is 0 Å². The first-order chi connectivity index (χ1) is 6.33. The highest BCUT2D eigenvalue weighted by Gasteiger charge is 2.17. The van der Waals surface area contributed by atoms with Crippen LogP contribution in [0.1, 0.15) is 32.6 Å². The Bertz CT molecular complexity index is 127. The topological polar surface area (TPSA) is 41.3 Å². The lowest BCUT2D eigenvalue weighted by Crippen LogP contribution is -2.36. The molecular weight excluding hydrogens is 162 g/mol. The first-order valence-electron chi connectivity index (χ1n) is 5.51. The van der Waals surface area contributed by atoms with Crippen molar-refractivity contribution in [3.63, 3.8) is 0 Å². The summed E-state index contributed by atoms with van der Waals surface area (Å²) in [4.78, 5) is 0. The molecule has 0 unspecified atom stereocenters. The minimum Gasteiger partial charge on any atom is -0.330 e. The smallest absolute Gasteiger partial charge is 0.0157 e. The summed E-state index contributed by atoms with van der Waals surface area (Å²) in [6, 6.07) is 0. The second-order valence-corrected chi connectivity index (χ2v) is 4.10. The van der Waals surface area contributed by atoms with Crippen molar-refractivity contribution in [3.05, 3.63) is 0 Å². The molecule has 0 aromatic carbocycles. The van der Waals surface area contributed by atoms with E-state index in [1.165, 1.54) is 32.4 Å². The normalized spacial score (nSPS) is 24.0. The van der Waals surface area contributed by atoms with E-state index in [2.05, 4.69) is 17.4 Å². The van der Waals surface area contributed by atoms with Crippen molar-refractivity contribution in [1.29, 1.82) is 0 Å². The van der Waals surface area contributed by atoms with Gasteiger partial charge in [-0.15, -0.1) is 0 Å². The molecule has 0 amide bonds. The molecule has 3 N–H and O–H groups in total. The van der Waals surface area contributed by atoms with E-state index in [9.17, 15) is 0 Å². The van der Waals surface area contributed by atoms with Crippen LogP contribution >= 0.6 is 0 Å². The van der Waals surface area contributed by atoms with Crippen molar-refractivity contribution in [2.45, 2.75) is 32.6 Å². The van der Waals surface area contributed by atoms with Gasteiger partial charge in [0.05, 0.1) is 0 Å². The molecule has 0 aromatic rings. The Hall–Kier alpha value is -0.120. The maximum absolute atomic E-state index is 5.42. The zero-order valence-electron chi connectivity index (χ0n) is 8.76. The number of nitrogens with one attached hydrogen (secondary N) is 1. The van der Waals surface area contributed by atoms with E-state index in [0.29, 0.717) is 0 Å². The molecule has 0 saturated carbocycles. The number of unbranched alkanes of at least 4 members (excludes halogenated alkanes) is 2. The molecule has 0 aliphatic carbocycles. The number of hydrogen-bond donors (Lipinski definition) is 2. The Labute approximate surface area is 81.6 Å². The first kappa shape index (κ1) is 11.0. The predicted molar refractivity (Wildman–Crippen MR) is 56.3 cm³/mol. The third-order valence-corrected chi connectivity index (χ3v) is 2.64. The minimum absolute atomic E-state index is 0.834. The number of hydrazine groups is 1. The van der Waals surface area contributed by atoms with Gasteiger partial charge >= 0.3 is 0 Å². The van der Waals surface area contributed by atoms with Gasteiger partial charge in [-0.3, -0.25) is 5.43 Å². The molecule has 1 atom stereocenters. The van der Waals surface area contributed by atoms with Crippen LogP contribution in [0, 0.1) is 5.92 Å². The fourth-order valence-electron chi connectivity index (χ4n) is 1.76. The summed E-state index contributed by atoms with van der Waals surface area (Å²) in [7, 11) is 0. The Kier molecular flexibility index (Phi) is 5.35. The Morgan fingerprint density at radius 1 is 1.38 bits per heavy atom. The van der Waals surface area contributed by atoms with Crippen molar-refractivity contribution < 1.29 is 0 Å². The van der Waals surface area contributed by atoms with Crippen LogP contribution in [0.2, 0.25) is 0 Å². The summed E-state index contributed by atoms with van der Waals surface area (Å²) in [5.41, 5.74) is 8.88. The predicted octanol–water partition coefficient (Wildman–Crippen LogP) is 0.962. The van der Waals surface area contributed by atoms with E-state index in [-0.39, 0.29) is 0 Å². The van der Waals surface area contributed by atoms with Crippen molar-refractivity contribution in [1.82, 2.24) is 10.4 Å². The third-order valence-electron chi connectivity index (χ3n) is 2.64. The fraction of sp³-hybridized carbons (Fsp3) is 1.00. The van der Waals surface area contributed by atoms with Gasteiger partial charge in [-0.05, 0) is 31.7 Å². The molecule has 0 bridgehead atoms. The number of rotatable bonds is 6. The van der Waals surface area contributed by atoms with E-state index in [4.69, 9.17) is 5.73 Å². The highest BCUT2D eigenvalue weighted by molar-refractivity contribution is 4.68. The van der Waals surface area contributed by atoms with Gasteiger partial charge < -0.3 is 5.73 Å². The quantitative estimate of drug-likeness (QED) is 0.606. The van der Waals surface area contributed by atoms with Gasteiger partial charge in [0.15, 0.2) is 0 Å². The largest absolute Gasteiger partial charge is 0.330 e. The highest BCUT2D eigenvalue weighted by Crippen LogP contribution is 2.12. The molecule has 1 fully saturated rings. The van der Waals surface area contributed by atoms with E-state index in [0.717, 1.165) is 25.4 Å². The van der Waals surface area contributed by atoms with Crippen LogP contribution in [0.15, 0.2) is 0 Å². The summed E-state index contributed by atoms with van der Waals surface area (Å²) in [5, 5.41) is 2.35. The van der Waals surface area contributed by atoms with Crippen molar-refractivity contribution in [2.24, 2.45) is 11.7 Å². The van der Waals surface area contributed by atoms with Gasteiger partial charge in [0.25, 0.3) is 0 Å². The lowest BCUT2D eigenvalue weighted by atomic mass is 10.2. The number of hydrogen-bond acceptors (Lipinski definition) is 3. The molecule has 1 heterocycles. The average Bonchev–Trinajstić information content (AvgIpc) is 2.51. The molecule has 3 nitrogen and oxygen atoms in total. The second kappa shape index (κ2) is 6.35. The van der Waals surface area contributed by atoms with Crippen LogP contribution in [0.3, 0.4) is 0 Å². The molecule has 78 valence electrons. The fourth-order valence-corrected chi connectivity index (χ4v) is 1.76. The molecule has 0 spiro atoms. The molecule has 1 aliphatic rings. The van der Waals surface area contributed by atoms with E-state index in [1.54, 1.807) is 0 Å². The molecule has 1 rings (SSSR count). The standard InChI is InChI=1S/C10H23N3/c1-10-5-8-13(9-10)12-7-4-2-3-6-11/h10,12H,2-9,11H2,1H3/t10-/m0/s1. The zero-order chi connectivity index (χ0) is 9.52. The molecule has 13 heavy (non-hydrogen) atoms. The highest BCUT2D eigenvalue weighted by atomic mass is 15.5. The van der Waals surface area contributed by atoms with Crippen LogP contribution in [-0.2, 0) is 0 Å². The molecule has 1 saturated heterocycles. The maximum atomic E-state index is 5.42. The monoisotopic (exact) mass is 185 g/mol. The van der Waals surface area contributed by atoms with E-state index < -0.39 is 0 Å². The minimum atomic E-state index is 0.834. The van der Waals surface area contributed by atoms with Gasteiger partial charge in [-0.25, -0.2) is 5.01 Å². The summed E-state index contributed by atoms with van der Waals surface area (Å²) in [6.07, 6.45) is 5.02. The van der Waals surface area contributed by atoms with Crippen molar-refractivity contribution in [3.8, 4) is 0 Å². The number of nitrogens with two attached hydrogens (primary N) is 1. The summed E-state index contributed by atoms with van der Waals surface area (Å²) in [5.74, 6) is 0.872. The molecule has 0 radical (unpaired) electrons. The summed E-state index contributed by atoms with van der Waals surface area (Å²) < 4.78 is 0. The number of nitrogens with zero attached hydrogens (tertiary/aromatic N) is 1. The van der Waals surface area contributed by atoms with Crippen molar-refractivity contribution >= 4 is 0 Å². The van der Waals surface area contributed by atoms with Gasteiger partial charge in [0.2, 0.25) is 0 Å². The van der Waals surface area contributed by atoms with E-state index >= 15 is 0 Å². The SMILES string of the molecule is C[C@H]1CCN(NCCCCCN)C1. The molecule has 0 aromatic heterocycles. The molecule has 3 heteroatoms. The van der Waals surface area contributed by atoms with Crippen LogP contribution in [0.25, 0.3) is 0 Å². The Morgan fingerprint density at radius 2 is 2.23 bits per heavy atom. The van der Waals surface area contributed by atoms with Crippen molar-refractivity contribution in [2.75, 3.05) is 26.2 Å². The van der Waals surface area contributed by atoms with Gasteiger partial charge in [-0.2, -0.15) is 0 Å². The van der Waals surface area contributed by atoms with Gasteiger partial charge in [0, 0.05) is 19.6 Å². The summed E-state index contributed by atoms with van der Waals surface area (Å²) >= 11 is 0. The summed E-state index contributed by atoms with van der Waals surface area (Å²) in [6.45, 7) is 6.71. The van der Waals surface area contributed by atoms with Crippen LogP contribution in [-0.4, -0.2) is 31.2 Å². The zero-order valence-corrected chi connectivity index (χ0v) is 8.76. The second-order valence-electron chi connectivity index (χ2n) is 4.10. The molecular formula is C10H23N3. The Morgan fingerprint density at radius 3 is 2.85 bits per heavy atom. The van der Waals surface area contributed by atoms with Crippen LogP contribution in [0.4, 0.5) is 0 Å². The van der Waals surface area contributed by atoms with E-state index in [1.807, 2.05) is 0 Å². The lowest BCUT2D eigenvalue weighted by molar-refractivity contribution is 0.226. The first-order valence-corrected chi connectivity index (χ1v) is 5.51. The Balaban J connectivity index is 1.88. The molecule has 1 aliphatic heterocycles. The van der Waals surface area contributed by atoms with Gasteiger partial charge in [-0.1, -0.05) is 13.3 Å².